The van der Waals surface area contributed by atoms with Crippen LogP contribution in [0.5, 0.6) is 0 Å². The molecular formula is C11H17F2Sb. The molecule has 0 saturated carbocycles. The van der Waals surface area contributed by atoms with Gasteiger partial charge in [-0.3, -0.25) is 0 Å². The summed E-state index contributed by atoms with van der Waals surface area (Å²) in [7, 11) is 0. The molecule has 0 radical (unpaired) electrons. The van der Waals surface area contributed by atoms with Crippen LogP contribution in [0.4, 0.5) is 5.63 Å². The predicted molar refractivity (Wildman–Crippen MR) is 60.0 cm³/mol. The summed E-state index contributed by atoms with van der Waals surface area (Å²) in [4.78, 5) is 2.33. The summed E-state index contributed by atoms with van der Waals surface area (Å²) in [5.74, 6) is 0. The Kier molecular flexibility index (Phi) is 2.73. The summed E-state index contributed by atoms with van der Waals surface area (Å²) in [6, 6.07) is 3.69. The molecule has 1 aromatic rings. The number of hydrogen-bond donors (Lipinski definition) is 0. The van der Waals surface area contributed by atoms with Crippen molar-refractivity contribution in [1.29, 1.82) is 0 Å². The number of hydrogen-bond acceptors (Lipinski definition) is 0. The molecule has 80 valence electrons. The van der Waals surface area contributed by atoms with Gasteiger partial charge in [-0.15, -0.1) is 0 Å². The van der Waals surface area contributed by atoms with Gasteiger partial charge in [0.05, 0.1) is 0 Å². The van der Waals surface area contributed by atoms with Crippen molar-refractivity contribution in [2.24, 2.45) is 0 Å². The zero-order chi connectivity index (χ0) is 11.2. The molecule has 0 atom stereocenters. The molecule has 0 N–H and O–H groups in total. The first kappa shape index (κ1) is 12.0. The Balaban J connectivity index is 3.52. The van der Waals surface area contributed by atoms with Gasteiger partial charge in [0.25, 0.3) is 0 Å². The van der Waals surface area contributed by atoms with Gasteiger partial charge in [0, 0.05) is 0 Å². The number of halogens is 2. The molecule has 0 amide bonds. The molecule has 0 spiro atoms. The van der Waals surface area contributed by atoms with Gasteiger partial charge in [0.15, 0.2) is 0 Å². The summed E-state index contributed by atoms with van der Waals surface area (Å²) in [6.45, 7) is 5.51. The summed E-state index contributed by atoms with van der Waals surface area (Å²) in [6.07, 6.45) is 0. The van der Waals surface area contributed by atoms with Crippen LogP contribution >= 0.6 is 0 Å². The Bertz CT molecular complexity index is 342. The molecule has 0 aromatic heterocycles. The number of aryl methyl sites for hydroxylation is 3. The Morgan fingerprint density at radius 3 is 1.57 bits per heavy atom. The second-order valence-corrected chi connectivity index (χ2v) is 16.1. The molecule has 0 heterocycles. The molecule has 3 heteroatoms. The van der Waals surface area contributed by atoms with Crippen molar-refractivity contribution in [2.75, 3.05) is 0 Å². The van der Waals surface area contributed by atoms with Crippen LogP contribution in [-0.2, 0) is 0 Å². The topological polar surface area (TPSA) is 0 Å². The monoisotopic (exact) mass is 308 g/mol. The number of benzene rings is 1. The molecular weight excluding hydrogens is 292 g/mol. The summed E-state index contributed by atoms with van der Waals surface area (Å²) >= 11 is -5.40. The number of rotatable bonds is 1. The van der Waals surface area contributed by atoms with E-state index in [0.717, 1.165) is 26.4 Å². The minimum absolute atomic E-state index is 0.350. The Morgan fingerprint density at radius 1 is 0.929 bits per heavy atom. The van der Waals surface area contributed by atoms with E-state index < -0.39 is 18.6 Å². The maximum absolute atomic E-state index is 14.0. The van der Waals surface area contributed by atoms with E-state index in [2.05, 4.69) is 0 Å². The van der Waals surface area contributed by atoms with Crippen molar-refractivity contribution in [3.05, 3.63) is 28.8 Å². The normalized spacial score (nSPS) is 14.9. The first-order valence-electron chi connectivity index (χ1n) is 4.61. The average molecular weight is 309 g/mol. The van der Waals surface area contributed by atoms with Gasteiger partial charge < -0.3 is 0 Å². The van der Waals surface area contributed by atoms with Crippen molar-refractivity contribution >= 4 is 22.1 Å². The zero-order valence-corrected chi connectivity index (χ0v) is 11.9. The van der Waals surface area contributed by atoms with E-state index in [1.54, 1.807) is 13.8 Å². The molecule has 0 saturated heterocycles. The molecule has 0 unspecified atom stereocenters. The van der Waals surface area contributed by atoms with Gasteiger partial charge >= 0.3 is 87.0 Å². The van der Waals surface area contributed by atoms with Crippen molar-refractivity contribution in [2.45, 2.75) is 30.5 Å². The third-order valence-electron chi connectivity index (χ3n) is 2.25. The second-order valence-electron chi connectivity index (χ2n) is 4.55. The second kappa shape index (κ2) is 3.20. The van der Waals surface area contributed by atoms with Gasteiger partial charge in [-0.05, 0) is 0 Å². The van der Waals surface area contributed by atoms with Crippen LogP contribution in [-0.4, -0.2) is 18.6 Å². The van der Waals surface area contributed by atoms with E-state index >= 15 is 0 Å². The van der Waals surface area contributed by atoms with Crippen molar-refractivity contribution in [3.8, 4) is 0 Å². The van der Waals surface area contributed by atoms with Crippen molar-refractivity contribution < 1.29 is 5.63 Å². The predicted octanol–water partition coefficient (Wildman–Crippen LogP) is 3.41. The Hall–Kier alpha value is -0.102. The van der Waals surface area contributed by atoms with Crippen LogP contribution in [0.3, 0.4) is 0 Å². The van der Waals surface area contributed by atoms with Gasteiger partial charge in [-0.25, -0.2) is 0 Å². The van der Waals surface area contributed by atoms with Gasteiger partial charge in [0.1, 0.15) is 0 Å². The average Bonchev–Trinajstić information content (AvgIpc) is 1.76. The maximum atomic E-state index is 14.0. The van der Waals surface area contributed by atoms with Crippen LogP contribution in [0.25, 0.3) is 0 Å². The fourth-order valence-electron chi connectivity index (χ4n) is 2.14. The third kappa shape index (κ3) is 2.47. The van der Waals surface area contributed by atoms with Crippen LogP contribution in [0.1, 0.15) is 16.7 Å². The van der Waals surface area contributed by atoms with E-state index in [0.29, 0.717) is 3.51 Å². The molecule has 14 heavy (non-hydrogen) atoms. The quantitative estimate of drug-likeness (QED) is 0.698. The van der Waals surface area contributed by atoms with Crippen molar-refractivity contribution in [3.63, 3.8) is 0 Å². The minimum atomic E-state index is -5.40. The zero-order valence-electron chi connectivity index (χ0n) is 9.36. The van der Waals surface area contributed by atoms with E-state index in [9.17, 15) is 5.63 Å². The van der Waals surface area contributed by atoms with Crippen LogP contribution in [0, 0.1) is 20.8 Å². The fourth-order valence-corrected chi connectivity index (χ4v) is 8.06. The SMILES string of the molecule is Cc1cc(C)[c]([Sb]([CH3])([CH3])([F])[F])c(C)c1. The van der Waals surface area contributed by atoms with Crippen LogP contribution in [0.2, 0.25) is 9.74 Å². The molecule has 0 aliphatic heterocycles. The van der Waals surface area contributed by atoms with E-state index in [1.165, 1.54) is 0 Å². The molecule has 1 rings (SSSR count). The standard InChI is InChI=1S/C9H11.2CH3.2FH.Sb/c1-7-4-8(2)6-9(3)5-7;;;;;/h4-5H,1-3H3;2*1H3;2*1H;/q;;;;;+2/p-2. The molecule has 0 aliphatic carbocycles. The van der Waals surface area contributed by atoms with E-state index in [4.69, 9.17) is 0 Å². The van der Waals surface area contributed by atoms with Crippen LogP contribution < -0.4 is 3.51 Å². The Labute approximate surface area is 87.0 Å². The molecule has 1 aromatic carbocycles. The van der Waals surface area contributed by atoms with E-state index in [-0.39, 0.29) is 0 Å². The molecule has 0 bridgehead atoms. The molecule has 0 aliphatic rings. The van der Waals surface area contributed by atoms with E-state index in [1.807, 2.05) is 19.1 Å². The van der Waals surface area contributed by atoms with Gasteiger partial charge in [0.2, 0.25) is 0 Å². The summed E-state index contributed by atoms with van der Waals surface area (Å²) < 4.78 is 28.3. The summed E-state index contributed by atoms with van der Waals surface area (Å²) in [5, 5.41) is 0. The van der Waals surface area contributed by atoms with Gasteiger partial charge in [-0.2, -0.15) is 0 Å². The van der Waals surface area contributed by atoms with Crippen molar-refractivity contribution in [1.82, 2.24) is 0 Å². The Morgan fingerprint density at radius 2 is 1.29 bits per heavy atom. The molecule has 0 nitrogen and oxygen atoms in total. The fraction of sp³-hybridized carbons (Fsp3) is 0.455. The molecule has 0 fully saturated rings. The van der Waals surface area contributed by atoms with Gasteiger partial charge in [-0.1, -0.05) is 0 Å². The first-order chi connectivity index (χ1) is 6.08. The van der Waals surface area contributed by atoms with Crippen LogP contribution in [0.15, 0.2) is 12.1 Å². The third-order valence-corrected chi connectivity index (χ3v) is 7.78. The summed E-state index contributed by atoms with van der Waals surface area (Å²) in [5.41, 5.74) is 2.56. The first-order valence-corrected chi connectivity index (χ1v) is 12.9.